The minimum absolute atomic E-state index is 0.150. The van der Waals surface area contributed by atoms with Crippen molar-refractivity contribution >= 4 is 28.6 Å². The van der Waals surface area contributed by atoms with Crippen molar-refractivity contribution in [2.75, 3.05) is 32.5 Å². The number of rotatable bonds is 11. The number of alkyl halides is 4. The Hall–Kier alpha value is -3.05. The topological polar surface area (TPSA) is 71.9 Å². The van der Waals surface area contributed by atoms with Gasteiger partial charge in [-0.3, -0.25) is 9.78 Å². The van der Waals surface area contributed by atoms with Gasteiger partial charge >= 0.3 is 12.3 Å². The Bertz CT molecular complexity index is 1280. The number of nitrogens with zero attached hydrogens (tertiary/aromatic N) is 2. The van der Waals surface area contributed by atoms with Crippen LogP contribution in [0.2, 0.25) is 0 Å². The Labute approximate surface area is 228 Å². The number of likely N-dealkylation sites (tertiary alicyclic amines) is 1. The number of ether oxygens (including phenoxy) is 2. The highest BCUT2D eigenvalue weighted by Crippen LogP contribution is 2.36. The third kappa shape index (κ3) is 7.98. The first-order valence-electron chi connectivity index (χ1n) is 12.6. The van der Waals surface area contributed by atoms with E-state index in [9.17, 15) is 23.1 Å². The normalized spacial score (nSPS) is 19.1. The van der Waals surface area contributed by atoms with Gasteiger partial charge in [0.25, 0.3) is 0 Å². The van der Waals surface area contributed by atoms with Gasteiger partial charge < -0.3 is 19.5 Å². The molecule has 1 aliphatic rings. The minimum atomic E-state index is -4.75. The van der Waals surface area contributed by atoms with Gasteiger partial charge in [-0.05, 0) is 79.8 Å². The molecule has 2 aromatic carbocycles. The molecular weight excluding hydrogens is 536 g/mol. The summed E-state index contributed by atoms with van der Waals surface area (Å²) in [6.07, 6.45) is -3.15. The first-order chi connectivity index (χ1) is 18.6. The fourth-order valence-corrected chi connectivity index (χ4v) is 5.97. The number of pyridine rings is 1. The van der Waals surface area contributed by atoms with Crippen LogP contribution in [0.1, 0.15) is 31.0 Å². The van der Waals surface area contributed by atoms with Gasteiger partial charge in [0, 0.05) is 35.3 Å². The van der Waals surface area contributed by atoms with E-state index in [1.165, 1.54) is 30.0 Å². The lowest BCUT2D eigenvalue weighted by molar-refractivity contribution is -0.274. The van der Waals surface area contributed by atoms with Crippen LogP contribution in [-0.2, 0) is 4.79 Å². The first kappa shape index (κ1) is 28.9. The Morgan fingerprint density at radius 3 is 2.77 bits per heavy atom. The van der Waals surface area contributed by atoms with E-state index in [0.29, 0.717) is 65.3 Å². The highest BCUT2D eigenvalue weighted by atomic mass is 32.2. The second-order valence-corrected chi connectivity index (χ2v) is 10.7. The molecule has 0 aliphatic carbocycles. The molecule has 1 fully saturated rings. The van der Waals surface area contributed by atoms with E-state index in [1.807, 2.05) is 4.90 Å². The zero-order chi connectivity index (χ0) is 28.0. The molecule has 0 radical (unpaired) electrons. The lowest BCUT2D eigenvalue weighted by Crippen LogP contribution is -2.44. The number of aliphatic carboxylic acids is 1. The molecule has 6 nitrogen and oxygen atoms in total. The molecule has 1 saturated heterocycles. The average Bonchev–Trinajstić information content (AvgIpc) is 2.90. The Morgan fingerprint density at radius 2 is 2.03 bits per heavy atom. The third-order valence-corrected chi connectivity index (χ3v) is 7.96. The number of carboxylic acids is 1. The summed E-state index contributed by atoms with van der Waals surface area (Å²) >= 11 is 1.38. The number of fused-ring (bicyclic) bond motifs is 1. The molecule has 210 valence electrons. The predicted octanol–water partition coefficient (Wildman–Crippen LogP) is 6.75. The van der Waals surface area contributed by atoms with Crippen molar-refractivity contribution in [3.8, 4) is 11.5 Å². The summed E-state index contributed by atoms with van der Waals surface area (Å²) in [5.41, 5.74) is 1.19. The van der Waals surface area contributed by atoms with Crippen LogP contribution in [0.15, 0.2) is 59.6 Å². The summed E-state index contributed by atoms with van der Waals surface area (Å²) in [4.78, 5) is 19.0. The summed E-state index contributed by atoms with van der Waals surface area (Å²) in [7, 11) is 1.55. The summed E-state index contributed by atoms with van der Waals surface area (Å²) in [5, 5.41) is 10.6. The molecule has 4 rings (SSSR count). The van der Waals surface area contributed by atoms with Gasteiger partial charge in [-0.1, -0.05) is 6.07 Å². The monoisotopic (exact) mass is 566 g/mol. The molecule has 1 aliphatic heterocycles. The van der Waals surface area contributed by atoms with Crippen molar-refractivity contribution in [1.82, 2.24) is 9.88 Å². The van der Waals surface area contributed by atoms with Crippen LogP contribution in [0.3, 0.4) is 0 Å². The van der Waals surface area contributed by atoms with Crippen molar-refractivity contribution in [2.24, 2.45) is 11.8 Å². The molecule has 0 spiro atoms. The van der Waals surface area contributed by atoms with Crippen molar-refractivity contribution in [1.29, 1.82) is 0 Å². The largest absolute Gasteiger partial charge is 0.573 e. The maximum absolute atomic E-state index is 15.4. The summed E-state index contributed by atoms with van der Waals surface area (Å²) < 4.78 is 62.0. The molecule has 3 aromatic rings. The minimum Gasteiger partial charge on any atom is -0.497 e. The van der Waals surface area contributed by atoms with Gasteiger partial charge in [0.05, 0.1) is 18.5 Å². The molecule has 3 atom stereocenters. The van der Waals surface area contributed by atoms with Gasteiger partial charge in [-0.2, -0.15) is 0 Å². The van der Waals surface area contributed by atoms with Crippen LogP contribution in [0.25, 0.3) is 10.9 Å². The maximum atomic E-state index is 15.4. The maximum Gasteiger partial charge on any atom is 0.573 e. The standard InChI is InChI=1S/C28H30F4N2O4S/c1-37-19-6-8-26-23(16-19)22(9-11-33-26)25(29)7-5-18-10-12-34(17-24(18)27(35)36)13-14-39-21-4-2-3-20(15-21)38-28(30,31)32/h2-4,6,8-9,11,15-16,18,24-25H,5,7,10,12-14,17H2,1H3,(H,35,36)/t18-,24+,25+/m1/s1. The van der Waals surface area contributed by atoms with Gasteiger partial charge in [0.1, 0.15) is 17.7 Å². The fourth-order valence-electron chi connectivity index (χ4n) is 5.01. The number of carboxylic acid groups (broad SMARTS) is 1. The molecule has 0 saturated carbocycles. The number of piperidine rings is 1. The van der Waals surface area contributed by atoms with E-state index < -0.39 is 24.4 Å². The Kier molecular flexibility index (Phi) is 9.55. The molecule has 1 N–H and O–H groups in total. The molecular formula is C28H30F4N2O4S. The lowest BCUT2D eigenvalue weighted by atomic mass is 9.81. The lowest BCUT2D eigenvalue weighted by Gasteiger charge is -2.36. The predicted molar refractivity (Wildman–Crippen MR) is 141 cm³/mol. The van der Waals surface area contributed by atoms with Crippen LogP contribution in [0.5, 0.6) is 11.5 Å². The van der Waals surface area contributed by atoms with E-state index in [0.717, 1.165) is 0 Å². The highest BCUT2D eigenvalue weighted by molar-refractivity contribution is 7.99. The highest BCUT2D eigenvalue weighted by Gasteiger charge is 2.34. The molecule has 11 heteroatoms. The zero-order valence-electron chi connectivity index (χ0n) is 21.4. The number of hydrogen-bond acceptors (Lipinski definition) is 6. The van der Waals surface area contributed by atoms with E-state index in [1.54, 1.807) is 43.6 Å². The van der Waals surface area contributed by atoms with Gasteiger partial charge in [-0.15, -0.1) is 24.9 Å². The number of benzene rings is 2. The third-order valence-electron chi connectivity index (χ3n) is 6.98. The number of methoxy groups -OCH3 is 1. The van der Waals surface area contributed by atoms with Crippen molar-refractivity contribution in [2.45, 2.75) is 36.7 Å². The van der Waals surface area contributed by atoms with Crippen LogP contribution < -0.4 is 9.47 Å². The summed E-state index contributed by atoms with van der Waals surface area (Å²) in [6, 6.07) is 12.8. The Morgan fingerprint density at radius 1 is 1.21 bits per heavy atom. The smallest absolute Gasteiger partial charge is 0.497 e. The second kappa shape index (κ2) is 12.9. The molecule has 0 amide bonds. The SMILES string of the molecule is COc1ccc2nccc([C@@H](F)CC[C@@H]3CCN(CCSc4cccc(OC(F)(F)F)c4)C[C@@H]3C(=O)O)c2c1. The van der Waals surface area contributed by atoms with Gasteiger partial charge in [-0.25, -0.2) is 4.39 Å². The van der Waals surface area contributed by atoms with E-state index in [4.69, 9.17) is 4.74 Å². The number of halogens is 4. The molecule has 2 heterocycles. The molecule has 39 heavy (non-hydrogen) atoms. The van der Waals surface area contributed by atoms with Crippen LogP contribution in [0.4, 0.5) is 17.6 Å². The van der Waals surface area contributed by atoms with Crippen LogP contribution in [0, 0.1) is 11.8 Å². The van der Waals surface area contributed by atoms with Gasteiger partial charge in [0.15, 0.2) is 0 Å². The first-order valence-corrected chi connectivity index (χ1v) is 13.6. The van der Waals surface area contributed by atoms with E-state index >= 15 is 4.39 Å². The van der Waals surface area contributed by atoms with E-state index in [2.05, 4.69) is 9.72 Å². The number of carbonyl (C=O) groups is 1. The van der Waals surface area contributed by atoms with E-state index in [-0.39, 0.29) is 18.1 Å². The summed E-state index contributed by atoms with van der Waals surface area (Å²) in [5.74, 6) is -0.745. The van der Waals surface area contributed by atoms with Crippen molar-refractivity contribution in [3.05, 3.63) is 60.3 Å². The second-order valence-electron chi connectivity index (χ2n) is 9.49. The quantitative estimate of drug-likeness (QED) is 0.203. The molecule has 0 bridgehead atoms. The molecule has 0 unspecified atom stereocenters. The number of aromatic nitrogens is 1. The zero-order valence-corrected chi connectivity index (χ0v) is 22.2. The number of thioether (sulfide) groups is 1. The Balaban J connectivity index is 1.30. The van der Waals surface area contributed by atoms with Crippen LogP contribution >= 0.6 is 11.8 Å². The fraction of sp³-hybridized carbons (Fsp3) is 0.429. The van der Waals surface area contributed by atoms with Gasteiger partial charge in [0.2, 0.25) is 0 Å². The molecule has 1 aromatic heterocycles. The number of hydrogen-bond donors (Lipinski definition) is 1. The van der Waals surface area contributed by atoms with Crippen LogP contribution in [-0.4, -0.2) is 59.8 Å². The van der Waals surface area contributed by atoms with Crippen molar-refractivity contribution < 1.29 is 36.9 Å². The summed E-state index contributed by atoms with van der Waals surface area (Å²) in [6.45, 7) is 1.62. The van der Waals surface area contributed by atoms with Crippen molar-refractivity contribution in [3.63, 3.8) is 0 Å². The average molecular weight is 567 g/mol.